The maximum Gasteiger partial charge on any atom is 0.408 e. The standard InChI is InChI=1S/C41H47ClN4O3S/c1-24-36(50-23-43-24)28-20-18-27(19-21-28)31(44-39(48)49-40(2,3)4)22-15-25-13-16-26(17-14-25)29-9-7-12-33-35(29)41(5,6)38-45-37(47)34-30(42)10-8-11-32(34)46(33)38/h8-11,18-21,23,25-26,31H,7,12-17,22H2,1-6H3,(H,44,48)/t25?,26?,31-/m0/s1. The third-order valence-corrected chi connectivity index (χ3v) is 12.1. The van der Waals surface area contributed by atoms with Crippen LogP contribution in [0.15, 0.2) is 70.0 Å². The molecule has 0 unspecified atom stereocenters. The summed E-state index contributed by atoms with van der Waals surface area (Å²) in [6.07, 6.45) is 10.4. The van der Waals surface area contributed by atoms with Gasteiger partial charge in [0.25, 0.3) is 5.56 Å². The lowest BCUT2D eigenvalue weighted by Crippen LogP contribution is -2.35. The first-order chi connectivity index (χ1) is 23.8. The number of alkyl carbamates (subject to hydrolysis) is 1. The zero-order chi connectivity index (χ0) is 35.4. The number of aromatic nitrogens is 3. The Labute approximate surface area is 303 Å². The number of fused-ring (bicyclic) bond motifs is 4. The number of amides is 1. The van der Waals surface area contributed by atoms with E-state index in [2.05, 4.69) is 64.0 Å². The molecule has 0 spiro atoms. The fourth-order valence-corrected chi connectivity index (χ4v) is 9.55. The minimum Gasteiger partial charge on any atom is -0.444 e. The van der Waals surface area contributed by atoms with Crippen LogP contribution in [0.5, 0.6) is 0 Å². The number of allylic oxidation sites excluding steroid dienone is 4. The van der Waals surface area contributed by atoms with Gasteiger partial charge in [0.2, 0.25) is 0 Å². The lowest BCUT2D eigenvalue weighted by Gasteiger charge is -2.35. The third-order valence-electron chi connectivity index (χ3n) is 10.8. The molecule has 1 N–H and O–H groups in total. The molecule has 0 bridgehead atoms. The molecule has 4 aromatic rings. The Morgan fingerprint density at radius 2 is 1.86 bits per heavy atom. The van der Waals surface area contributed by atoms with Gasteiger partial charge in [-0.2, -0.15) is 4.98 Å². The first-order valence-corrected chi connectivity index (χ1v) is 19.2. The molecule has 9 heteroatoms. The highest BCUT2D eigenvalue weighted by Crippen LogP contribution is 2.53. The van der Waals surface area contributed by atoms with Crippen LogP contribution in [0, 0.1) is 18.8 Å². The minimum absolute atomic E-state index is 0.135. The van der Waals surface area contributed by atoms with E-state index in [0.29, 0.717) is 22.2 Å². The number of nitrogens with one attached hydrogen (secondary N) is 1. The van der Waals surface area contributed by atoms with Crippen molar-refractivity contribution in [1.29, 1.82) is 0 Å². The lowest BCUT2D eigenvalue weighted by atomic mass is 9.68. The fraction of sp³-hybridized carbons (Fsp3) is 0.463. The Hall–Kier alpha value is -3.75. The molecule has 0 saturated heterocycles. The van der Waals surface area contributed by atoms with Crippen molar-refractivity contribution >= 4 is 45.6 Å². The zero-order valence-corrected chi connectivity index (χ0v) is 31.5. The van der Waals surface area contributed by atoms with Crippen molar-refractivity contribution in [3.05, 3.63) is 97.7 Å². The molecule has 1 saturated carbocycles. The average molecular weight is 711 g/mol. The van der Waals surface area contributed by atoms with Crippen LogP contribution in [0.4, 0.5) is 4.79 Å². The van der Waals surface area contributed by atoms with Gasteiger partial charge in [0.05, 0.1) is 43.5 Å². The molecule has 0 radical (unpaired) electrons. The second-order valence-corrected chi connectivity index (χ2v) is 17.0. The van der Waals surface area contributed by atoms with Gasteiger partial charge < -0.3 is 14.6 Å². The number of benzene rings is 2. The second-order valence-electron chi connectivity index (χ2n) is 15.7. The van der Waals surface area contributed by atoms with Crippen molar-refractivity contribution in [3.8, 4) is 10.4 Å². The molecule has 1 atom stereocenters. The summed E-state index contributed by atoms with van der Waals surface area (Å²) in [5.74, 6) is 1.89. The third kappa shape index (κ3) is 6.57. The minimum atomic E-state index is -0.565. The molecule has 1 aliphatic heterocycles. The van der Waals surface area contributed by atoms with Crippen LogP contribution < -0.4 is 10.9 Å². The number of thiazole rings is 1. The Balaban J connectivity index is 1.06. The molecule has 262 valence electrons. The number of rotatable bonds is 7. The number of halogens is 1. The largest absolute Gasteiger partial charge is 0.444 e. The monoisotopic (exact) mass is 710 g/mol. The normalized spacial score (nSPS) is 20.7. The van der Waals surface area contributed by atoms with Gasteiger partial charge in [0.15, 0.2) is 0 Å². The summed E-state index contributed by atoms with van der Waals surface area (Å²) in [5.41, 5.74) is 8.90. The summed E-state index contributed by atoms with van der Waals surface area (Å²) >= 11 is 8.17. The molecule has 2 aliphatic carbocycles. The van der Waals surface area contributed by atoms with Gasteiger partial charge in [-0.15, -0.1) is 11.3 Å². The summed E-state index contributed by atoms with van der Waals surface area (Å²) in [7, 11) is 0. The molecule has 7 nitrogen and oxygen atoms in total. The molecule has 50 heavy (non-hydrogen) atoms. The van der Waals surface area contributed by atoms with Crippen molar-refractivity contribution in [3.63, 3.8) is 0 Å². The average Bonchev–Trinajstić information content (AvgIpc) is 3.60. The van der Waals surface area contributed by atoms with Crippen LogP contribution in [-0.2, 0) is 10.2 Å². The molecule has 1 amide bonds. The number of hydrogen-bond donors (Lipinski definition) is 1. The van der Waals surface area contributed by atoms with E-state index < -0.39 is 5.60 Å². The van der Waals surface area contributed by atoms with Gasteiger partial charge in [-0.3, -0.25) is 4.79 Å². The predicted octanol–water partition coefficient (Wildman–Crippen LogP) is 10.6. The van der Waals surface area contributed by atoms with Gasteiger partial charge in [0.1, 0.15) is 11.4 Å². The molecule has 3 aliphatic rings. The highest BCUT2D eigenvalue weighted by atomic mass is 35.5. The number of aryl methyl sites for hydroxylation is 1. The summed E-state index contributed by atoms with van der Waals surface area (Å²) in [5, 5.41) is 4.15. The molecule has 7 rings (SSSR count). The van der Waals surface area contributed by atoms with Gasteiger partial charge in [-0.1, -0.05) is 48.0 Å². The summed E-state index contributed by atoms with van der Waals surface area (Å²) in [4.78, 5) is 36.4. The molecular weight excluding hydrogens is 664 g/mol. The Morgan fingerprint density at radius 3 is 2.54 bits per heavy atom. The predicted molar refractivity (Wildman–Crippen MR) is 204 cm³/mol. The van der Waals surface area contributed by atoms with E-state index in [9.17, 15) is 9.59 Å². The van der Waals surface area contributed by atoms with Crippen LogP contribution in [0.25, 0.3) is 27.0 Å². The van der Waals surface area contributed by atoms with Crippen molar-refractivity contribution in [2.75, 3.05) is 0 Å². The van der Waals surface area contributed by atoms with Crippen LogP contribution in [0.1, 0.15) is 109 Å². The molecule has 2 aromatic carbocycles. The second kappa shape index (κ2) is 13.4. The topological polar surface area (TPSA) is 86.1 Å². The first kappa shape index (κ1) is 34.7. The zero-order valence-electron chi connectivity index (χ0n) is 29.9. The Kier molecular flexibility index (Phi) is 9.31. The quantitative estimate of drug-likeness (QED) is 0.206. The SMILES string of the molecule is Cc1ncsc1-c1ccc([C@H](CCC2CCC(C3=CCCC4=C3C(C)(C)c3nc(=O)c5c(Cl)cccc5n34)CC2)NC(=O)OC(C)(C)C)cc1. The van der Waals surface area contributed by atoms with Gasteiger partial charge in [-0.25, -0.2) is 9.78 Å². The van der Waals surface area contributed by atoms with Crippen LogP contribution in [0.3, 0.4) is 0 Å². The highest BCUT2D eigenvalue weighted by molar-refractivity contribution is 7.13. The maximum atomic E-state index is 13.2. The fourth-order valence-electron chi connectivity index (χ4n) is 8.49. The van der Waals surface area contributed by atoms with E-state index in [1.165, 1.54) is 21.7 Å². The number of ether oxygens (including phenoxy) is 1. The van der Waals surface area contributed by atoms with Crippen LogP contribution in [0.2, 0.25) is 5.02 Å². The summed E-state index contributed by atoms with van der Waals surface area (Å²) < 4.78 is 7.91. The number of hydrogen-bond acceptors (Lipinski definition) is 6. The van der Waals surface area contributed by atoms with Gasteiger partial charge >= 0.3 is 6.09 Å². The lowest BCUT2D eigenvalue weighted by molar-refractivity contribution is 0.0498. The number of carbonyl (C=O) groups excluding carboxylic acids is 1. The Bertz CT molecular complexity index is 2060. The van der Waals surface area contributed by atoms with E-state index in [4.69, 9.17) is 16.3 Å². The maximum absolute atomic E-state index is 13.2. The van der Waals surface area contributed by atoms with E-state index in [1.807, 2.05) is 45.3 Å². The molecule has 1 fully saturated rings. The van der Waals surface area contributed by atoms with E-state index in [0.717, 1.165) is 79.5 Å². The summed E-state index contributed by atoms with van der Waals surface area (Å²) in [6, 6.07) is 14.1. The van der Waals surface area contributed by atoms with E-state index in [1.54, 1.807) is 17.4 Å². The van der Waals surface area contributed by atoms with Crippen molar-refractivity contribution in [1.82, 2.24) is 19.9 Å². The van der Waals surface area contributed by atoms with Crippen LogP contribution in [-0.4, -0.2) is 26.2 Å². The van der Waals surface area contributed by atoms with Gasteiger partial charge in [0, 0.05) is 5.70 Å². The molecular formula is C41H47ClN4O3S. The Morgan fingerprint density at radius 1 is 1.12 bits per heavy atom. The number of carbonyl (C=O) groups is 1. The first-order valence-electron chi connectivity index (χ1n) is 18.0. The highest BCUT2D eigenvalue weighted by Gasteiger charge is 2.44. The van der Waals surface area contributed by atoms with Crippen LogP contribution >= 0.6 is 22.9 Å². The van der Waals surface area contributed by atoms with Crippen molar-refractivity contribution in [2.24, 2.45) is 11.8 Å². The number of nitrogens with zero attached hydrogens (tertiary/aromatic N) is 3. The van der Waals surface area contributed by atoms with E-state index >= 15 is 0 Å². The van der Waals surface area contributed by atoms with Gasteiger partial charge in [-0.05, 0) is 139 Å². The van der Waals surface area contributed by atoms with E-state index in [-0.39, 0.29) is 23.1 Å². The molecule has 2 aromatic heterocycles. The summed E-state index contributed by atoms with van der Waals surface area (Å²) in [6.45, 7) is 12.2. The van der Waals surface area contributed by atoms with Crippen molar-refractivity contribution < 1.29 is 9.53 Å². The molecule has 3 heterocycles. The smallest absolute Gasteiger partial charge is 0.408 e. The van der Waals surface area contributed by atoms with Crippen molar-refractivity contribution in [2.45, 2.75) is 110 Å².